The topological polar surface area (TPSA) is 12.0 Å². The number of rotatable bonds is 7. The second-order valence-corrected chi connectivity index (χ2v) is 7.83. The zero-order chi connectivity index (χ0) is 14.4. The summed E-state index contributed by atoms with van der Waals surface area (Å²) in [7, 11) is 0. The van der Waals surface area contributed by atoms with Crippen LogP contribution in [0.15, 0.2) is 0 Å². The van der Waals surface area contributed by atoms with E-state index in [9.17, 15) is 0 Å². The minimum absolute atomic E-state index is 0.690. The van der Waals surface area contributed by atoms with Gasteiger partial charge in [0, 0.05) is 12.1 Å². The van der Waals surface area contributed by atoms with Crippen LogP contribution in [0.4, 0.5) is 0 Å². The van der Waals surface area contributed by atoms with Gasteiger partial charge in [-0.3, -0.25) is 0 Å². The Labute approximate surface area is 121 Å². The van der Waals surface area contributed by atoms with E-state index in [2.05, 4.69) is 46.9 Å². The van der Waals surface area contributed by atoms with Crippen LogP contribution in [0.5, 0.6) is 0 Å². The van der Waals surface area contributed by atoms with Gasteiger partial charge in [0.05, 0.1) is 0 Å². The minimum Gasteiger partial charge on any atom is -0.311 e. The predicted molar refractivity (Wildman–Crippen MR) is 86.4 cm³/mol. The summed E-state index contributed by atoms with van der Waals surface area (Å²) in [6.07, 6.45) is 8.34. The molecular weight excluding hydrogens is 230 g/mol. The first-order chi connectivity index (χ1) is 8.90. The van der Waals surface area contributed by atoms with Crippen LogP contribution >= 0.6 is 0 Å². The second kappa shape index (κ2) is 8.29. The zero-order valence-corrected chi connectivity index (χ0v) is 14.2. The lowest BCUT2D eigenvalue weighted by atomic mass is 9.74. The van der Waals surface area contributed by atoms with Crippen LogP contribution in [-0.2, 0) is 0 Å². The molecule has 0 radical (unpaired) electrons. The summed E-state index contributed by atoms with van der Waals surface area (Å²) >= 11 is 0. The van der Waals surface area contributed by atoms with E-state index in [-0.39, 0.29) is 0 Å². The average molecular weight is 268 g/mol. The largest absolute Gasteiger partial charge is 0.311 e. The monoisotopic (exact) mass is 267 g/mol. The van der Waals surface area contributed by atoms with Crippen LogP contribution in [0.3, 0.4) is 0 Å². The van der Waals surface area contributed by atoms with E-state index in [1.807, 2.05) is 0 Å². The van der Waals surface area contributed by atoms with Crippen molar-refractivity contribution in [1.29, 1.82) is 0 Å². The molecule has 1 nitrogen and oxygen atoms in total. The molecule has 0 bridgehead atoms. The Morgan fingerprint density at radius 2 is 1.68 bits per heavy atom. The van der Waals surface area contributed by atoms with E-state index in [0.29, 0.717) is 6.04 Å². The lowest BCUT2D eigenvalue weighted by molar-refractivity contribution is 0.159. The van der Waals surface area contributed by atoms with Crippen molar-refractivity contribution in [2.75, 3.05) is 0 Å². The first kappa shape index (κ1) is 17.0. The molecule has 0 aliphatic heterocycles. The Morgan fingerprint density at radius 1 is 1.00 bits per heavy atom. The summed E-state index contributed by atoms with van der Waals surface area (Å²) in [6.45, 7) is 14.3. The molecule has 1 aliphatic carbocycles. The second-order valence-electron chi connectivity index (χ2n) is 7.83. The summed E-state index contributed by atoms with van der Waals surface area (Å²) < 4.78 is 0. The smallest absolute Gasteiger partial charge is 0.0103 e. The Kier molecular flexibility index (Phi) is 7.42. The van der Waals surface area contributed by atoms with Gasteiger partial charge < -0.3 is 5.32 Å². The molecule has 0 heterocycles. The van der Waals surface area contributed by atoms with Crippen molar-refractivity contribution in [3.8, 4) is 0 Å². The molecule has 0 saturated heterocycles. The quantitative estimate of drug-likeness (QED) is 0.664. The van der Waals surface area contributed by atoms with Gasteiger partial charge in [0.15, 0.2) is 0 Å². The maximum Gasteiger partial charge on any atom is 0.0103 e. The molecule has 19 heavy (non-hydrogen) atoms. The van der Waals surface area contributed by atoms with E-state index in [4.69, 9.17) is 0 Å². The van der Waals surface area contributed by atoms with Gasteiger partial charge in [-0.05, 0) is 49.9 Å². The Balaban J connectivity index is 2.38. The molecule has 1 heteroatoms. The SMILES string of the molecule is CC(C)CCCC(C)NC1CC(C)CCC1C(C)C. The van der Waals surface area contributed by atoms with Crippen LogP contribution in [0.2, 0.25) is 0 Å². The Bertz CT molecular complexity index is 234. The lowest BCUT2D eigenvalue weighted by Crippen LogP contribution is -2.46. The van der Waals surface area contributed by atoms with Crippen molar-refractivity contribution in [3.63, 3.8) is 0 Å². The summed E-state index contributed by atoms with van der Waals surface area (Å²) in [5, 5.41) is 3.95. The molecule has 0 aromatic rings. The van der Waals surface area contributed by atoms with Gasteiger partial charge in [0.25, 0.3) is 0 Å². The van der Waals surface area contributed by atoms with E-state index < -0.39 is 0 Å². The van der Waals surface area contributed by atoms with Crippen LogP contribution in [0.25, 0.3) is 0 Å². The van der Waals surface area contributed by atoms with Gasteiger partial charge in [-0.15, -0.1) is 0 Å². The van der Waals surface area contributed by atoms with Crippen molar-refractivity contribution in [2.24, 2.45) is 23.7 Å². The highest BCUT2D eigenvalue weighted by Crippen LogP contribution is 2.33. The number of hydrogen-bond acceptors (Lipinski definition) is 1. The highest BCUT2D eigenvalue weighted by Gasteiger charge is 2.31. The maximum absolute atomic E-state index is 3.95. The summed E-state index contributed by atoms with van der Waals surface area (Å²) in [6, 6.07) is 1.45. The fourth-order valence-electron chi connectivity index (χ4n) is 3.67. The molecular formula is C18H37N. The Morgan fingerprint density at radius 3 is 2.26 bits per heavy atom. The van der Waals surface area contributed by atoms with Crippen molar-refractivity contribution >= 4 is 0 Å². The first-order valence-electron chi connectivity index (χ1n) is 8.66. The molecule has 0 aromatic heterocycles. The molecule has 1 N–H and O–H groups in total. The van der Waals surface area contributed by atoms with Crippen LogP contribution in [-0.4, -0.2) is 12.1 Å². The van der Waals surface area contributed by atoms with Crippen molar-refractivity contribution < 1.29 is 0 Å². The number of nitrogens with one attached hydrogen (secondary N) is 1. The van der Waals surface area contributed by atoms with Crippen LogP contribution in [0, 0.1) is 23.7 Å². The van der Waals surface area contributed by atoms with Gasteiger partial charge >= 0.3 is 0 Å². The molecule has 114 valence electrons. The summed E-state index contributed by atoms with van der Waals surface area (Å²) in [5.74, 6) is 3.48. The highest BCUT2D eigenvalue weighted by atomic mass is 15.0. The summed E-state index contributed by atoms with van der Waals surface area (Å²) in [4.78, 5) is 0. The zero-order valence-electron chi connectivity index (χ0n) is 14.2. The maximum atomic E-state index is 3.95. The summed E-state index contributed by atoms with van der Waals surface area (Å²) in [5.41, 5.74) is 0. The highest BCUT2D eigenvalue weighted by molar-refractivity contribution is 4.86. The fourth-order valence-corrected chi connectivity index (χ4v) is 3.67. The van der Waals surface area contributed by atoms with Gasteiger partial charge in [0.2, 0.25) is 0 Å². The van der Waals surface area contributed by atoms with Crippen molar-refractivity contribution in [1.82, 2.24) is 5.32 Å². The van der Waals surface area contributed by atoms with Gasteiger partial charge in [0.1, 0.15) is 0 Å². The number of hydrogen-bond donors (Lipinski definition) is 1. The van der Waals surface area contributed by atoms with Crippen LogP contribution in [0.1, 0.15) is 80.1 Å². The van der Waals surface area contributed by atoms with E-state index >= 15 is 0 Å². The molecule has 1 saturated carbocycles. The minimum atomic E-state index is 0.690. The molecule has 1 rings (SSSR count). The van der Waals surface area contributed by atoms with E-state index in [1.165, 1.54) is 38.5 Å². The standard InChI is InChI=1S/C18H37N/c1-13(2)8-7-9-16(6)19-18-12-15(5)10-11-17(18)14(3)4/h13-19H,7-12H2,1-6H3. The molecule has 1 fully saturated rings. The molecule has 1 aliphatic rings. The van der Waals surface area contributed by atoms with Gasteiger partial charge in [-0.2, -0.15) is 0 Å². The lowest BCUT2D eigenvalue weighted by Gasteiger charge is -2.39. The third-order valence-corrected chi connectivity index (χ3v) is 4.94. The van der Waals surface area contributed by atoms with Crippen molar-refractivity contribution in [2.45, 2.75) is 92.2 Å². The average Bonchev–Trinajstić information content (AvgIpc) is 2.27. The first-order valence-corrected chi connectivity index (χ1v) is 8.66. The third kappa shape index (κ3) is 6.29. The molecule has 4 unspecified atom stereocenters. The van der Waals surface area contributed by atoms with Gasteiger partial charge in [-0.1, -0.05) is 53.9 Å². The fraction of sp³-hybridized carbons (Fsp3) is 1.00. The van der Waals surface area contributed by atoms with E-state index in [1.54, 1.807) is 0 Å². The third-order valence-electron chi connectivity index (χ3n) is 4.94. The van der Waals surface area contributed by atoms with E-state index in [0.717, 1.165) is 29.7 Å². The molecule has 0 amide bonds. The molecule has 4 atom stereocenters. The molecule has 0 aromatic carbocycles. The predicted octanol–water partition coefficient (Wildman–Crippen LogP) is 5.25. The normalized spacial score (nSPS) is 30.0. The van der Waals surface area contributed by atoms with Crippen molar-refractivity contribution in [3.05, 3.63) is 0 Å². The molecule has 0 spiro atoms. The van der Waals surface area contributed by atoms with Gasteiger partial charge in [-0.25, -0.2) is 0 Å². The van der Waals surface area contributed by atoms with Crippen LogP contribution < -0.4 is 5.32 Å². The Hall–Kier alpha value is -0.0400.